The molecule has 4 heteroatoms. The monoisotopic (exact) mass is 269 g/mol. The smallest absolute Gasteiger partial charge is 0.274 e. The number of carbonyl (C=O) groups is 1. The summed E-state index contributed by atoms with van der Waals surface area (Å²) in [5, 5.41) is 0. The highest BCUT2D eigenvalue weighted by Gasteiger charge is 2.28. The number of para-hydroxylation sites is 1. The summed E-state index contributed by atoms with van der Waals surface area (Å²) in [6.07, 6.45) is 0.826. The van der Waals surface area contributed by atoms with Gasteiger partial charge in [-0.05, 0) is 37.1 Å². The van der Waals surface area contributed by atoms with Crippen LogP contribution in [0.4, 0.5) is 5.69 Å². The number of hydrogen-bond donors (Lipinski definition) is 1. The minimum absolute atomic E-state index is 0.00443. The van der Waals surface area contributed by atoms with Crippen LogP contribution >= 0.6 is 0 Å². The van der Waals surface area contributed by atoms with E-state index in [0.717, 1.165) is 23.4 Å². The van der Waals surface area contributed by atoms with E-state index in [1.807, 2.05) is 54.9 Å². The van der Waals surface area contributed by atoms with Crippen LogP contribution in [-0.2, 0) is 13.5 Å². The van der Waals surface area contributed by atoms with Crippen LogP contribution < -0.4 is 10.6 Å². The van der Waals surface area contributed by atoms with Crippen molar-refractivity contribution in [3.8, 4) is 0 Å². The number of nitrogens with zero attached hydrogens (tertiary/aromatic N) is 2. The number of carbonyl (C=O) groups excluding carboxylic acids is 1. The van der Waals surface area contributed by atoms with E-state index in [1.165, 1.54) is 0 Å². The lowest BCUT2D eigenvalue weighted by molar-refractivity contribution is 0.0975. The van der Waals surface area contributed by atoms with Gasteiger partial charge in [-0.3, -0.25) is 4.79 Å². The quantitative estimate of drug-likeness (QED) is 0.859. The average molecular weight is 269 g/mol. The van der Waals surface area contributed by atoms with Crippen molar-refractivity contribution in [1.82, 2.24) is 4.57 Å². The van der Waals surface area contributed by atoms with Crippen molar-refractivity contribution in [2.75, 3.05) is 11.4 Å². The Balaban J connectivity index is 2.02. The van der Waals surface area contributed by atoms with E-state index < -0.39 is 0 Å². The predicted octanol–water partition coefficient (Wildman–Crippen LogP) is 1.86. The first-order valence-corrected chi connectivity index (χ1v) is 6.85. The Bertz CT molecular complexity index is 659. The maximum absolute atomic E-state index is 12.8. The molecule has 3 rings (SSSR count). The van der Waals surface area contributed by atoms with Crippen LogP contribution in [0.25, 0.3) is 0 Å². The molecule has 104 valence electrons. The number of anilines is 1. The molecule has 0 aliphatic carbocycles. The maximum atomic E-state index is 12.8. The van der Waals surface area contributed by atoms with Crippen LogP contribution in [0.15, 0.2) is 36.4 Å². The number of aromatic nitrogens is 1. The summed E-state index contributed by atoms with van der Waals surface area (Å²) in [5.41, 5.74) is 10.00. The van der Waals surface area contributed by atoms with E-state index in [-0.39, 0.29) is 11.9 Å². The number of amides is 1. The molecular weight excluding hydrogens is 250 g/mol. The maximum Gasteiger partial charge on any atom is 0.274 e. The van der Waals surface area contributed by atoms with Gasteiger partial charge in [0.15, 0.2) is 0 Å². The summed E-state index contributed by atoms with van der Waals surface area (Å²) in [7, 11) is 1.92. The SMILES string of the molecule is Cc1ccc(C(=O)N2CC(N)Cc3ccccc32)n1C. The molecule has 1 aromatic carbocycles. The van der Waals surface area contributed by atoms with Gasteiger partial charge in [-0.15, -0.1) is 0 Å². The van der Waals surface area contributed by atoms with E-state index in [1.54, 1.807) is 4.90 Å². The Hall–Kier alpha value is -2.07. The number of rotatable bonds is 1. The largest absolute Gasteiger partial charge is 0.344 e. The number of aryl methyl sites for hydroxylation is 1. The fourth-order valence-corrected chi connectivity index (χ4v) is 2.79. The number of hydrogen-bond acceptors (Lipinski definition) is 2. The molecule has 0 spiro atoms. The van der Waals surface area contributed by atoms with Crippen molar-refractivity contribution < 1.29 is 4.79 Å². The van der Waals surface area contributed by atoms with Crippen LogP contribution in [0.2, 0.25) is 0 Å². The van der Waals surface area contributed by atoms with Crippen LogP contribution in [0.1, 0.15) is 21.7 Å². The molecule has 2 heterocycles. The van der Waals surface area contributed by atoms with Gasteiger partial charge in [0.2, 0.25) is 0 Å². The van der Waals surface area contributed by atoms with Gasteiger partial charge in [0.05, 0.1) is 0 Å². The Labute approximate surface area is 118 Å². The standard InChI is InChI=1S/C16H19N3O/c1-11-7-8-15(18(11)2)16(20)19-10-13(17)9-12-5-3-4-6-14(12)19/h3-8,13H,9-10,17H2,1-2H3. The molecule has 20 heavy (non-hydrogen) atoms. The first-order valence-electron chi connectivity index (χ1n) is 6.85. The topological polar surface area (TPSA) is 51.3 Å². The van der Waals surface area contributed by atoms with E-state index >= 15 is 0 Å². The van der Waals surface area contributed by atoms with E-state index in [4.69, 9.17) is 5.73 Å². The first kappa shape index (κ1) is 12.9. The van der Waals surface area contributed by atoms with Crippen LogP contribution in [-0.4, -0.2) is 23.1 Å². The average Bonchev–Trinajstić information content (AvgIpc) is 2.77. The van der Waals surface area contributed by atoms with Gasteiger partial charge < -0.3 is 15.2 Å². The Morgan fingerprint density at radius 3 is 2.70 bits per heavy atom. The molecular formula is C16H19N3O. The number of benzene rings is 1. The molecule has 0 fully saturated rings. The molecule has 0 saturated carbocycles. The molecule has 1 unspecified atom stereocenters. The van der Waals surface area contributed by atoms with Gasteiger partial charge in [-0.25, -0.2) is 0 Å². The highest BCUT2D eigenvalue weighted by atomic mass is 16.2. The lowest BCUT2D eigenvalue weighted by Crippen LogP contribution is -2.46. The van der Waals surface area contributed by atoms with Gasteiger partial charge in [0.1, 0.15) is 5.69 Å². The van der Waals surface area contributed by atoms with Crippen molar-refractivity contribution >= 4 is 11.6 Å². The third-order valence-corrected chi connectivity index (χ3v) is 4.02. The van der Waals surface area contributed by atoms with Crippen molar-refractivity contribution in [2.24, 2.45) is 12.8 Å². The van der Waals surface area contributed by atoms with Gasteiger partial charge in [-0.1, -0.05) is 18.2 Å². The van der Waals surface area contributed by atoms with E-state index in [2.05, 4.69) is 0 Å². The van der Waals surface area contributed by atoms with Crippen molar-refractivity contribution in [2.45, 2.75) is 19.4 Å². The highest BCUT2D eigenvalue weighted by Crippen LogP contribution is 2.28. The second kappa shape index (κ2) is 4.80. The minimum atomic E-state index is -0.00443. The summed E-state index contributed by atoms with van der Waals surface area (Å²) >= 11 is 0. The molecule has 4 nitrogen and oxygen atoms in total. The van der Waals surface area contributed by atoms with Gasteiger partial charge in [0.25, 0.3) is 5.91 Å². The molecule has 1 aliphatic rings. The van der Waals surface area contributed by atoms with Gasteiger partial charge in [-0.2, -0.15) is 0 Å². The molecule has 0 radical (unpaired) electrons. The van der Waals surface area contributed by atoms with Crippen molar-refractivity contribution in [3.05, 3.63) is 53.3 Å². The summed E-state index contributed by atoms with van der Waals surface area (Å²) < 4.78 is 1.92. The summed E-state index contributed by atoms with van der Waals surface area (Å²) in [5.74, 6) is 0.0169. The summed E-state index contributed by atoms with van der Waals surface area (Å²) in [6, 6.07) is 11.8. The van der Waals surface area contributed by atoms with Crippen LogP contribution in [0.5, 0.6) is 0 Å². The molecule has 1 aromatic heterocycles. The van der Waals surface area contributed by atoms with Crippen LogP contribution in [0, 0.1) is 6.92 Å². The molecule has 1 atom stereocenters. The molecule has 0 saturated heterocycles. The van der Waals surface area contributed by atoms with Crippen molar-refractivity contribution in [1.29, 1.82) is 0 Å². The second-order valence-corrected chi connectivity index (χ2v) is 5.43. The van der Waals surface area contributed by atoms with Crippen molar-refractivity contribution in [3.63, 3.8) is 0 Å². The number of nitrogens with two attached hydrogens (primary N) is 1. The molecule has 2 N–H and O–H groups in total. The van der Waals surface area contributed by atoms with Gasteiger partial charge in [0, 0.05) is 31.0 Å². The molecule has 1 amide bonds. The normalized spacial score (nSPS) is 17.9. The molecule has 1 aliphatic heterocycles. The minimum Gasteiger partial charge on any atom is -0.344 e. The highest BCUT2D eigenvalue weighted by molar-refractivity contribution is 6.06. The molecule has 0 bridgehead atoms. The fraction of sp³-hybridized carbons (Fsp3) is 0.312. The third-order valence-electron chi connectivity index (χ3n) is 4.02. The van der Waals surface area contributed by atoms with E-state index in [9.17, 15) is 4.79 Å². The molecule has 2 aromatic rings. The predicted molar refractivity (Wildman–Crippen MR) is 79.9 cm³/mol. The summed E-state index contributed by atoms with van der Waals surface area (Å²) in [6.45, 7) is 2.56. The van der Waals surface area contributed by atoms with E-state index in [0.29, 0.717) is 12.2 Å². The first-order chi connectivity index (χ1) is 9.58. The zero-order valence-electron chi connectivity index (χ0n) is 11.8. The number of fused-ring (bicyclic) bond motifs is 1. The lowest BCUT2D eigenvalue weighted by Gasteiger charge is -2.33. The third kappa shape index (κ3) is 2.02. The Kier molecular flexibility index (Phi) is 3.10. The Morgan fingerprint density at radius 1 is 1.25 bits per heavy atom. The lowest BCUT2D eigenvalue weighted by atomic mass is 9.98. The van der Waals surface area contributed by atoms with Crippen LogP contribution in [0.3, 0.4) is 0 Å². The zero-order chi connectivity index (χ0) is 14.3. The van der Waals surface area contributed by atoms with Gasteiger partial charge >= 0.3 is 0 Å². The summed E-state index contributed by atoms with van der Waals surface area (Å²) in [4.78, 5) is 14.6. The zero-order valence-corrected chi connectivity index (χ0v) is 11.8. The fourth-order valence-electron chi connectivity index (χ4n) is 2.79. The Morgan fingerprint density at radius 2 is 2.00 bits per heavy atom. The second-order valence-electron chi connectivity index (χ2n) is 5.43.